The van der Waals surface area contributed by atoms with Crippen molar-refractivity contribution >= 4 is 0 Å². The number of hydrogen-bond acceptors (Lipinski definition) is 2. The van der Waals surface area contributed by atoms with E-state index in [0.29, 0.717) is 0 Å². The van der Waals surface area contributed by atoms with Crippen LogP contribution in [0.25, 0.3) is 0 Å². The first kappa shape index (κ1) is 14.5. The molecule has 0 spiro atoms. The third-order valence-corrected chi connectivity index (χ3v) is 2.99. The Kier molecular flexibility index (Phi) is 4.69. The van der Waals surface area contributed by atoms with Crippen molar-refractivity contribution in [2.24, 2.45) is 0 Å². The molecule has 2 aromatic carbocycles. The first-order chi connectivity index (χ1) is 9.60. The van der Waals surface area contributed by atoms with Crippen LogP contribution in [-0.4, -0.2) is 6.54 Å². The number of ether oxygens (including phenoxy) is 1. The quantitative estimate of drug-likeness (QED) is 0.873. The molecule has 0 saturated heterocycles. The van der Waals surface area contributed by atoms with Crippen LogP contribution in [0.3, 0.4) is 0 Å². The lowest BCUT2D eigenvalue weighted by molar-refractivity contribution is 0.437. The van der Waals surface area contributed by atoms with Gasteiger partial charge in [0.25, 0.3) is 0 Å². The molecule has 0 aromatic heterocycles. The average Bonchev–Trinajstić information content (AvgIpc) is 2.41. The predicted molar refractivity (Wildman–Crippen MR) is 75.0 cm³/mol. The van der Waals surface area contributed by atoms with Gasteiger partial charge in [0, 0.05) is 12.1 Å². The molecule has 0 bridgehead atoms. The molecule has 2 nitrogen and oxygen atoms in total. The molecule has 0 radical (unpaired) electrons. The van der Waals surface area contributed by atoms with Crippen molar-refractivity contribution in [3.8, 4) is 11.5 Å². The predicted octanol–water partition coefficient (Wildman–Crippen LogP) is 4.43. The van der Waals surface area contributed by atoms with Gasteiger partial charge in [-0.2, -0.15) is 0 Å². The molecule has 0 aliphatic heterocycles. The van der Waals surface area contributed by atoms with Gasteiger partial charge in [0.1, 0.15) is 11.6 Å². The largest absolute Gasteiger partial charge is 0.454 e. The fourth-order valence-electron chi connectivity index (χ4n) is 1.95. The summed E-state index contributed by atoms with van der Waals surface area (Å²) in [5.74, 6) is -0.517. The monoisotopic (exact) mass is 277 g/mol. The van der Waals surface area contributed by atoms with E-state index in [1.165, 1.54) is 24.3 Å². The average molecular weight is 277 g/mol. The Morgan fingerprint density at radius 1 is 1.15 bits per heavy atom. The second-order valence-electron chi connectivity index (χ2n) is 4.53. The number of rotatable bonds is 5. The summed E-state index contributed by atoms with van der Waals surface area (Å²) in [6.07, 6.45) is 0. The van der Waals surface area contributed by atoms with Crippen LogP contribution in [0.15, 0.2) is 42.5 Å². The van der Waals surface area contributed by atoms with Crippen molar-refractivity contribution in [2.75, 3.05) is 6.54 Å². The van der Waals surface area contributed by atoms with Gasteiger partial charge in [-0.05, 0) is 43.3 Å². The second kappa shape index (κ2) is 6.48. The summed E-state index contributed by atoms with van der Waals surface area (Å²) in [5, 5.41) is 3.21. The zero-order valence-electron chi connectivity index (χ0n) is 11.5. The van der Waals surface area contributed by atoms with Crippen LogP contribution < -0.4 is 10.1 Å². The molecule has 4 heteroatoms. The molecule has 0 amide bonds. The molecule has 0 aliphatic rings. The lowest BCUT2D eigenvalue weighted by Gasteiger charge is -2.14. The van der Waals surface area contributed by atoms with E-state index < -0.39 is 11.6 Å². The Bertz CT molecular complexity index is 586. The van der Waals surface area contributed by atoms with Gasteiger partial charge >= 0.3 is 0 Å². The van der Waals surface area contributed by atoms with Crippen molar-refractivity contribution in [3.63, 3.8) is 0 Å². The van der Waals surface area contributed by atoms with E-state index in [1.54, 1.807) is 18.2 Å². The van der Waals surface area contributed by atoms with Gasteiger partial charge in [0.05, 0.1) is 0 Å². The number of halogens is 2. The minimum atomic E-state index is -0.462. The molecule has 1 N–H and O–H groups in total. The van der Waals surface area contributed by atoms with Crippen molar-refractivity contribution < 1.29 is 13.5 Å². The molecule has 2 rings (SSSR count). The second-order valence-corrected chi connectivity index (χ2v) is 4.53. The zero-order chi connectivity index (χ0) is 14.5. The van der Waals surface area contributed by atoms with Crippen molar-refractivity contribution in [3.05, 3.63) is 59.7 Å². The molecular formula is C16H17F2NO. The maximum Gasteiger partial charge on any atom is 0.166 e. The molecule has 0 aliphatic carbocycles. The summed E-state index contributed by atoms with van der Waals surface area (Å²) < 4.78 is 32.4. The Labute approximate surface area is 117 Å². The molecule has 0 fully saturated rings. The summed E-state index contributed by atoms with van der Waals surface area (Å²) in [6, 6.07) is 10.5. The van der Waals surface area contributed by atoms with Crippen molar-refractivity contribution in [2.45, 2.75) is 19.9 Å². The minimum Gasteiger partial charge on any atom is -0.454 e. The SMILES string of the molecule is CCNC(C)c1ccc(Oc2cccc(F)c2)c(F)c1. The third kappa shape index (κ3) is 3.54. The maximum atomic E-state index is 14.0. The molecule has 0 saturated carbocycles. The Hall–Kier alpha value is -1.94. The maximum absolute atomic E-state index is 14.0. The number of hydrogen-bond donors (Lipinski definition) is 1. The first-order valence-corrected chi connectivity index (χ1v) is 6.56. The highest BCUT2D eigenvalue weighted by atomic mass is 19.1. The van der Waals surface area contributed by atoms with Crippen LogP contribution in [0.4, 0.5) is 8.78 Å². The van der Waals surface area contributed by atoms with Gasteiger partial charge in [-0.3, -0.25) is 0 Å². The van der Waals surface area contributed by atoms with E-state index in [2.05, 4.69) is 5.32 Å². The van der Waals surface area contributed by atoms with E-state index in [1.807, 2.05) is 13.8 Å². The summed E-state index contributed by atoms with van der Waals surface area (Å²) in [5.41, 5.74) is 0.843. The van der Waals surface area contributed by atoms with E-state index in [4.69, 9.17) is 4.74 Å². The van der Waals surface area contributed by atoms with E-state index in [-0.39, 0.29) is 17.5 Å². The van der Waals surface area contributed by atoms with E-state index >= 15 is 0 Å². The van der Waals surface area contributed by atoms with Crippen molar-refractivity contribution in [1.82, 2.24) is 5.32 Å². The number of benzene rings is 2. The highest BCUT2D eigenvalue weighted by Crippen LogP contribution is 2.27. The highest BCUT2D eigenvalue weighted by Gasteiger charge is 2.10. The van der Waals surface area contributed by atoms with Crippen LogP contribution in [0.1, 0.15) is 25.5 Å². The van der Waals surface area contributed by atoms with Crippen molar-refractivity contribution in [1.29, 1.82) is 0 Å². The smallest absolute Gasteiger partial charge is 0.166 e. The summed E-state index contributed by atoms with van der Waals surface area (Å²) in [4.78, 5) is 0. The number of nitrogens with one attached hydrogen (secondary N) is 1. The van der Waals surface area contributed by atoms with Crippen LogP contribution in [-0.2, 0) is 0 Å². The molecule has 1 atom stereocenters. The minimum absolute atomic E-state index is 0.0673. The lowest BCUT2D eigenvalue weighted by atomic mass is 10.1. The van der Waals surface area contributed by atoms with Crippen LogP contribution in [0.5, 0.6) is 11.5 Å². The topological polar surface area (TPSA) is 21.3 Å². The van der Waals surface area contributed by atoms with E-state index in [9.17, 15) is 8.78 Å². The zero-order valence-corrected chi connectivity index (χ0v) is 11.5. The first-order valence-electron chi connectivity index (χ1n) is 6.56. The molecular weight excluding hydrogens is 260 g/mol. The van der Waals surface area contributed by atoms with Gasteiger partial charge in [0.15, 0.2) is 11.6 Å². The molecule has 1 unspecified atom stereocenters. The van der Waals surface area contributed by atoms with Crippen LogP contribution >= 0.6 is 0 Å². The van der Waals surface area contributed by atoms with E-state index in [0.717, 1.165) is 12.1 Å². The summed E-state index contributed by atoms with van der Waals surface area (Å²) in [7, 11) is 0. The molecule has 0 heterocycles. The van der Waals surface area contributed by atoms with Crippen LogP contribution in [0.2, 0.25) is 0 Å². The fourth-order valence-corrected chi connectivity index (χ4v) is 1.95. The van der Waals surface area contributed by atoms with Gasteiger partial charge in [-0.25, -0.2) is 8.78 Å². The summed E-state index contributed by atoms with van der Waals surface area (Å²) in [6.45, 7) is 4.77. The van der Waals surface area contributed by atoms with Crippen LogP contribution in [0, 0.1) is 11.6 Å². The fraction of sp³-hybridized carbons (Fsp3) is 0.250. The Morgan fingerprint density at radius 3 is 2.60 bits per heavy atom. The normalized spacial score (nSPS) is 12.2. The lowest BCUT2D eigenvalue weighted by Crippen LogP contribution is -2.17. The van der Waals surface area contributed by atoms with Gasteiger partial charge < -0.3 is 10.1 Å². The highest BCUT2D eigenvalue weighted by molar-refractivity contribution is 5.35. The van der Waals surface area contributed by atoms with Gasteiger partial charge in [-0.15, -0.1) is 0 Å². The van der Waals surface area contributed by atoms with Gasteiger partial charge in [-0.1, -0.05) is 19.1 Å². The summed E-state index contributed by atoms with van der Waals surface area (Å²) >= 11 is 0. The standard InChI is InChI=1S/C16H17F2NO/c1-3-19-11(2)12-7-8-16(15(18)9-12)20-14-6-4-5-13(17)10-14/h4-11,19H,3H2,1-2H3. The third-order valence-electron chi connectivity index (χ3n) is 2.99. The Morgan fingerprint density at radius 2 is 1.95 bits per heavy atom. The Balaban J connectivity index is 2.17. The molecule has 2 aromatic rings. The van der Waals surface area contributed by atoms with Gasteiger partial charge in [0.2, 0.25) is 0 Å². The molecule has 106 valence electrons. The molecule has 20 heavy (non-hydrogen) atoms.